The van der Waals surface area contributed by atoms with Crippen LogP contribution in [-0.4, -0.2) is 40.8 Å². The maximum atomic E-state index is 13.1. The van der Waals surface area contributed by atoms with E-state index in [1.54, 1.807) is 26.2 Å². The highest BCUT2D eigenvalue weighted by atomic mass is 32.2. The summed E-state index contributed by atoms with van der Waals surface area (Å²) in [5.41, 5.74) is 2.88. The molecule has 5 nitrogen and oxygen atoms in total. The first-order valence-electron chi connectivity index (χ1n) is 8.43. The number of thioether (sulfide) groups is 1. The van der Waals surface area contributed by atoms with Crippen LogP contribution in [-0.2, 0) is 17.8 Å². The molecule has 1 unspecified atom stereocenters. The second-order valence-electron chi connectivity index (χ2n) is 6.21. The minimum absolute atomic E-state index is 0.0702. The number of carboxylic acid groups (broad SMARTS) is 1. The average molecular weight is 371 g/mol. The summed E-state index contributed by atoms with van der Waals surface area (Å²) < 4.78 is 5.28. The van der Waals surface area contributed by atoms with Gasteiger partial charge in [-0.3, -0.25) is 9.59 Å². The van der Waals surface area contributed by atoms with E-state index in [2.05, 4.69) is 0 Å². The van der Waals surface area contributed by atoms with Gasteiger partial charge >= 0.3 is 5.97 Å². The smallest absolute Gasteiger partial charge is 0.316 e. The highest BCUT2D eigenvalue weighted by molar-refractivity contribution is 8.00. The van der Waals surface area contributed by atoms with E-state index in [9.17, 15) is 9.59 Å². The lowest BCUT2D eigenvalue weighted by Crippen LogP contribution is -2.36. The van der Waals surface area contributed by atoms with Crippen molar-refractivity contribution in [1.29, 1.82) is 0 Å². The number of rotatable bonds is 5. The van der Waals surface area contributed by atoms with Crippen molar-refractivity contribution in [2.75, 3.05) is 13.7 Å². The molecular formula is C20H21NO4S. The number of fused-ring (bicyclic) bond motifs is 1. The summed E-state index contributed by atoms with van der Waals surface area (Å²) in [5.74, 6) is -0.181. The minimum Gasteiger partial charge on any atom is -0.497 e. The van der Waals surface area contributed by atoms with Crippen molar-refractivity contribution in [2.45, 2.75) is 30.0 Å². The fraction of sp³-hybridized carbons (Fsp3) is 0.300. The van der Waals surface area contributed by atoms with Crippen LogP contribution < -0.4 is 4.74 Å². The van der Waals surface area contributed by atoms with Crippen molar-refractivity contribution < 1.29 is 19.4 Å². The van der Waals surface area contributed by atoms with Crippen LogP contribution >= 0.6 is 11.8 Å². The van der Waals surface area contributed by atoms with Gasteiger partial charge in [0.15, 0.2) is 0 Å². The standard InChI is InChI=1S/C20H21NO4S/c1-13(20(23)24)26-18-6-4-3-5-17(18)19(22)21-10-9-14-7-8-16(25-2)11-15(14)12-21/h3-8,11,13H,9-10,12H2,1-2H3,(H,23,24). The highest BCUT2D eigenvalue weighted by Crippen LogP contribution is 2.30. The monoisotopic (exact) mass is 371 g/mol. The van der Waals surface area contributed by atoms with Crippen LogP contribution in [0.25, 0.3) is 0 Å². The van der Waals surface area contributed by atoms with Gasteiger partial charge in [0.25, 0.3) is 5.91 Å². The van der Waals surface area contributed by atoms with Crippen molar-refractivity contribution >= 4 is 23.6 Å². The fourth-order valence-electron chi connectivity index (χ4n) is 2.99. The molecule has 1 N–H and O–H groups in total. The molecule has 1 heterocycles. The molecule has 1 aliphatic rings. The van der Waals surface area contributed by atoms with Gasteiger partial charge < -0.3 is 14.7 Å². The molecule has 6 heteroatoms. The molecule has 0 saturated carbocycles. The van der Waals surface area contributed by atoms with Gasteiger partial charge in [-0.1, -0.05) is 18.2 Å². The van der Waals surface area contributed by atoms with E-state index < -0.39 is 11.2 Å². The zero-order chi connectivity index (χ0) is 18.7. The van der Waals surface area contributed by atoms with Crippen molar-refractivity contribution in [3.63, 3.8) is 0 Å². The largest absolute Gasteiger partial charge is 0.497 e. The number of hydrogen-bond acceptors (Lipinski definition) is 4. The molecule has 136 valence electrons. The number of amides is 1. The second-order valence-corrected chi connectivity index (χ2v) is 7.59. The van der Waals surface area contributed by atoms with Gasteiger partial charge in [-0.05, 0) is 48.7 Å². The highest BCUT2D eigenvalue weighted by Gasteiger charge is 2.25. The Kier molecular flexibility index (Phi) is 5.52. The van der Waals surface area contributed by atoms with Gasteiger partial charge in [0.05, 0.1) is 12.7 Å². The topological polar surface area (TPSA) is 66.8 Å². The summed E-state index contributed by atoms with van der Waals surface area (Å²) in [5, 5.41) is 8.54. The molecule has 2 aromatic carbocycles. The Hall–Kier alpha value is -2.47. The summed E-state index contributed by atoms with van der Waals surface area (Å²) in [4.78, 5) is 26.7. The van der Waals surface area contributed by atoms with Crippen molar-refractivity contribution in [3.8, 4) is 5.75 Å². The summed E-state index contributed by atoms with van der Waals surface area (Å²) in [6.45, 7) is 2.79. The SMILES string of the molecule is COc1ccc2c(c1)CN(C(=O)c1ccccc1SC(C)C(=O)O)CC2. The maximum absolute atomic E-state index is 13.1. The summed E-state index contributed by atoms with van der Waals surface area (Å²) in [6.07, 6.45) is 0.798. The first-order valence-corrected chi connectivity index (χ1v) is 9.31. The first kappa shape index (κ1) is 18.3. The third kappa shape index (κ3) is 3.85. The predicted molar refractivity (Wildman–Crippen MR) is 101 cm³/mol. The normalized spacial score (nSPS) is 14.5. The first-order chi connectivity index (χ1) is 12.5. The number of carbonyl (C=O) groups is 2. The maximum Gasteiger partial charge on any atom is 0.316 e. The summed E-state index contributed by atoms with van der Waals surface area (Å²) in [7, 11) is 1.63. The van der Waals surface area contributed by atoms with E-state index in [0.717, 1.165) is 17.7 Å². The van der Waals surface area contributed by atoms with Crippen LogP contribution in [0.4, 0.5) is 0 Å². The molecular weight excluding hydrogens is 350 g/mol. The number of carboxylic acids is 1. The van der Waals surface area contributed by atoms with Gasteiger partial charge in [-0.25, -0.2) is 0 Å². The van der Waals surface area contributed by atoms with Crippen molar-refractivity contribution in [1.82, 2.24) is 4.90 Å². The molecule has 0 aromatic heterocycles. The van der Waals surface area contributed by atoms with Crippen LogP contribution in [0.3, 0.4) is 0 Å². The number of methoxy groups -OCH3 is 1. The van der Waals surface area contributed by atoms with E-state index in [-0.39, 0.29) is 5.91 Å². The predicted octanol–water partition coefficient (Wildman–Crippen LogP) is 3.46. The molecule has 0 saturated heterocycles. The van der Waals surface area contributed by atoms with E-state index in [1.807, 2.05) is 35.2 Å². The van der Waals surface area contributed by atoms with Crippen LogP contribution in [0.2, 0.25) is 0 Å². The van der Waals surface area contributed by atoms with Gasteiger partial charge in [-0.15, -0.1) is 11.8 Å². The molecule has 0 spiro atoms. The van der Waals surface area contributed by atoms with Crippen LogP contribution in [0.15, 0.2) is 47.4 Å². The number of nitrogens with zero attached hydrogens (tertiary/aromatic N) is 1. The lowest BCUT2D eigenvalue weighted by Gasteiger charge is -2.30. The Balaban J connectivity index is 1.83. The minimum atomic E-state index is -0.892. The summed E-state index contributed by atoms with van der Waals surface area (Å²) in [6, 6.07) is 13.2. The molecule has 0 aliphatic carbocycles. The molecule has 1 atom stereocenters. The number of benzene rings is 2. The molecule has 3 rings (SSSR count). The van der Waals surface area contributed by atoms with E-state index >= 15 is 0 Å². The number of ether oxygens (including phenoxy) is 1. The van der Waals surface area contributed by atoms with Gasteiger partial charge in [0, 0.05) is 18.0 Å². The zero-order valence-corrected chi connectivity index (χ0v) is 15.6. The van der Waals surface area contributed by atoms with Gasteiger partial charge in [0.2, 0.25) is 0 Å². The molecule has 26 heavy (non-hydrogen) atoms. The Morgan fingerprint density at radius 2 is 1.96 bits per heavy atom. The van der Waals surface area contributed by atoms with Crippen molar-refractivity contribution in [3.05, 3.63) is 59.2 Å². The Morgan fingerprint density at radius 3 is 2.69 bits per heavy atom. The second kappa shape index (κ2) is 7.83. The van der Waals surface area contributed by atoms with Crippen LogP contribution in [0.1, 0.15) is 28.4 Å². The third-order valence-electron chi connectivity index (χ3n) is 4.48. The molecule has 0 bridgehead atoms. The van der Waals surface area contributed by atoms with E-state index in [4.69, 9.17) is 9.84 Å². The van der Waals surface area contributed by atoms with Gasteiger partial charge in [0.1, 0.15) is 11.0 Å². The average Bonchev–Trinajstić information content (AvgIpc) is 2.66. The Morgan fingerprint density at radius 1 is 1.19 bits per heavy atom. The number of aliphatic carboxylic acids is 1. The van der Waals surface area contributed by atoms with Crippen LogP contribution in [0.5, 0.6) is 5.75 Å². The zero-order valence-electron chi connectivity index (χ0n) is 14.8. The van der Waals surface area contributed by atoms with Gasteiger partial charge in [-0.2, -0.15) is 0 Å². The third-order valence-corrected chi connectivity index (χ3v) is 5.65. The Labute approximate surface area is 157 Å². The quantitative estimate of drug-likeness (QED) is 0.816. The van der Waals surface area contributed by atoms with E-state index in [1.165, 1.54) is 17.3 Å². The molecule has 1 amide bonds. The molecule has 0 fully saturated rings. The lowest BCUT2D eigenvalue weighted by molar-refractivity contribution is -0.136. The van der Waals surface area contributed by atoms with Crippen molar-refractivity contribution in [2.24, 2.45) is 0 Å². The number of hydrogen-bond donors (Lipinski definition) is 1. The molecule has 0 radical (unpaired) electrons. The van der Waals surface area contributed by atoms with Crippen LogP contribution in [0, 0.1) is 0 Å². The lowest BCUT2D eigenvalue weighted by atomic mass is 9.99. The number of carbonyl (C=O) groups excluding carboxylic acids is 1. The fourth-order valence-corrected chi connectivity index (χ4v) is 3.91. The van der Waals surface area contributed by atoms with E-state index in [0.29, 0.717) is 23.5 Å². The molecule has 2 aromatic rings. The Bertz CT molecular complexity index is 836. The summed E-state index contributed by atoms with van der Waals surface area (Å²) >= 11 is 1.20. The molecule has 1 aliphatic heterocycles.